The maximum Gasteiger partial charge on any atom is 0.0880 e. The Morgan fingerprint density at radius 1 is 0.724 bits per heavy atom. The zero-order valence-electron chi connectivity index (χ0n) is 20.8. The van der Waals surface area contributed by atoms with Crippen LogP contribution in [0.15, 0.2) is 12.4 Å². The van der Waals surface area contributed by atoms with Gasteiger partial charge in [0.05, 0.1) is 23.5 Å². The maximum absolute atomic E-state index is 4.19. The fourth-order valence-electron chi connectivity index (χ4n) is 2.23. The highest BCUT2D eigenvalue weighted by Crippen LogP contribution is 2.21. The summed E-state index contributed by atoms with van der Waals surface area (Å²) >= 11 is 0. The molecule has 0 bridgehead atoms. The first-order chi connectivity index (χ1) is 12.9. The SMILES string of the molecule is CC(C)(C)NCCn1cc(C(C)(C)C)nn1.CC(C)(C)c1cn(C(C)(C)C)nn1. The van der Waals surface area contributed by atoms with Crippen molar-refractivity contribution in [1.82, 2.24) is 35.3 Å². The fraction of sp³-hybridized carbons (Fsp3) is 0.818. The molecule has 2 rings (SSSR count). The van der Waals surface area contributed by atoms with Crippen molar-refractivity contribution in [2.45, 2.75) is 112 Å². The first-order valence-corrected chi connectivity index (χ1v) is 10.5. The minimum absolute atomic E-state index is 0.0243. The van der Waals surface area contributed by atoms with Gasteiger partial charge in [0.15, 0.2) is 0 Å². The summed E-state index contributed by atoms with van der Waals surface area (Å²) in [4.78, 5) is 0. The van der Waals surface area contributed by atoms with Crippen molar-refractivity contribution >= 4 is 0 Å². The zero-order chi connectivity index (χ0) is 22.7. The first-order valence-electron chi connectivity index (χ1n) is 10.5. The summed E-state index contributed by atoms with van der Waals surface area (Å²) in [5.74, 6) is 0. The van der Waals surface area contributed by atoms with Crippen LogP contribution in [0.4, 0.5) is 0 Å². The van der Waals surface area contributed by atoms with Crippen molar-refractivity contribution in [3.8, 4) is 0 Å². The maximum atomic E-state index is 4.19. The number of nitrogens with zero attached hydrogens (tertiary/aromatic N) is 6. The molecule has 0 aliphatic heterocycles. The minimum Gasteiger partial charge on any atom is -0.310 e. The average molecular weight is 406 g/mol. The Balaban J connectivity index is 0.000000296. The highest BCUT2D eigenvalue weighted by Gasteiger charge is 2.21. The lowest BCUT2D eigenvalue weighted by atomic mass is 9.93. The van der Waals surface area contributed by atoms with Gasteiger partial charge in [-0.05, 0) is 41.5 Å². The van der Waals surface area contributed by atoms with Gasteiger partial charge < -0.3 is 5.32 Å². The molecule has 2 heterocycles. The molecule has 0 radical (unpaired) electrons. The summed E-state index contributed by atoms with van der Waals surface area (Å²) in [6.07, 6.45) is 4.06. The molecule has 0 saturated carbocycles. The predicted molar refractivity (Wildman–Crippen MR) is 120 cm³/mol. The molecule has 7 heteroatoms. The van der Waals surface area contributed by atoms with Crippen molar-refractivity contribution in [2.75, 3.05) is 6.54 Å². The van der Waals surface area contributed by atoms with Gasteiger partial charge in [-0.15, -0.1) is 10.2 Å². The van der Waals surface area contributed by atoms with E-state index in [2.05, 4.69) is 109 Å². The monoisotopic (exact) mass is 405 g/mol. The summed E-state index contributed by atoms with van der Waals surface area (Å²) < 4.78 is 3.81. The number of nitrogens with one attached hydrogen (secondary N) is 1. The van der Waals surface area contributed by atoms with E-state index >= 15 is 0 Å². The molecule has 1 N–H and O–H groups in total. The van der Waals surface area contributed by atoms with Gasteiger partial charge in [-0.2, -0.15) is 0 Å². The molecule has 0 aliphatic rings. The molecule has 0 saturated heterocycles. The van der Waals surface area contributed by atoms with Crippen molar-refractivity contribution in [1.29, 1.82) is 0 Å². The molecule has 0 atom stereocenters. The van der Waals surface area contributed by atoms with Crippen molar-refractivity contribution < 1.29 is 0 Å². The molecule has 166 valence electrons. The molecule has 0 spiro atoms. The van der Waals surface area contributed by atoms with E-state index in [0.29, 0.717) is 0 Å². The third-order valence-electron chi connectivity index (χ3n) is 4.25. The second-order valence-corrected chi connectivity index (χ2v) is 11.8. The van der Waals surface area contributed by atoms with Crippen LogP contribution < -0.4 is 5.32 Å². The summed E-state index contributed by atoms with van der Waals surface area (Å²) in [5.41, 5.74) is 2.44. The fourth-order valence-corrected chi connectivity index (χ4v) is 2.23. The number of hydrogen-bond donors (Lipinski definition) is 1. The van der Waals surface area contributed by atoms with E-state index in [1.165, 1.54) is 0 Å². The van der Waals surface area contributed by atoms with Crippen LogP contribution >= 0.6 is 0 Å². The van der Waals surface area contributed by atoms with Gasteiger partial charge in [-0.3, -0.25) is 4.68 Å². The lowest BCUT2D eigenvalue weighted by Gasteiger charge is -2.20. The Hall–Kier alpha value is -1.76. The Morgan fingerprint density at radius 3 is 1.55 bits per heavy atom. The van der Waals surface area contributed by atoms with Crippen LogP contribution in [0.25, 0.3) is 0 Å². The molecular formula is C22H43N7. The first kappa shape index (κ1) is 25.3. The van der Waals surface area contributed by atoms with Gasteiger partial charge in [0.1, 0.15) is 0 Å². The summed E-state index contributed by atoms with van der Waals surface area (Å²) in [6, 6.07) is 0. The van der Waals surface area contributed by atoms with E-state index in [9.17, 15) is 0 Å². The molecule has 0 amide bonds. The third kappa shape index (κ3) is 9.07. The van der Waals surface area contributed by atoms with Gasteiger partial charge in [0, 0.05) is 35.3 Å². The topological polar surface area (TPSA) is 73.5 Å². The van der Waals surface area contributed by atoms with Gasteiger partial charge in [-0.25, -0.2) is 4.68 Å². The molecule has 0 unspecified atom stereocenters. The Bertz CT molecular complexity index is 715. The quantitative estimate of drug-likeness (QED) is 0.824. The van der Waals surface area contributed by atoms with Crippen LogP contribution in [0.5, 0.6) is 0 Å². The van der Waals surface area contributed by atoms with Crippen LogP contribution in [0.2, 0.25) is 0 Å². The lowest BCUT2D eigenvalue weighted by Crippen LogP contribution is -2.37. The Kier molecular flexibility index (Phi) is 7.79. The van der Waals surface area contributed by atoms with Crippen LogP contribution in [0, 0.1) is 0 Å². The summed E-state index contributed by atoms with van der Waals surface area (Å²) in [7, 11) is 0. The summed E-state index contributed by atoms with van der Waals surface area (Å²) in [6.45, 7) is 27.5. The largest absolute Gasteiger partial charge is 0.310 e. The second-order valence-electron chi connectivity index (χ2n) is 11.8. The molecule has 2 aromatic heterocycles. The molecule has 0 aliphatic carbocycles. The number of rotatable bonds is 3. The number of hydrogen-bond acceptors (Lipinski definition) is 5. The standard InChI is InChI=1S/C12H24N4.C10H19N3/c1-11(2,3)10-9-16(15-14-10)8-7-13-12(4,5)6;1-9(2,3)8-7-13(12-11-8)10(4,5)6/h9,13H,7-8H2,1-6H3;7H,1-6H3. The van der Waals surface area contributed by atoms with Gasteiger partial charge >= 0.3 is 0 Å². The van der Waals surface area contributed by atoms with Gasteiger partial charge in [0.2, 0.25) is 0 Å². The van der Waals surface area contributed by atoms with Gasteiger partial charge in [0.25, 0.3) is 0 Å². The van der Waals surface area contributed by atoms with E-state index in [-0.39, 0.29) is 21.9 Å². The second kappa shape index (κ2) is 8.94. The third-order valence-corrected chi connectivity index (χ3v) is 4.25. The molecule has 0 fully saturated rings. The minimum atomic E-state index is 0.0243. The molecule has 2 aromatic rings. The molecule has 29 heavy (non-hydrogen) atoms. The number of aromatic nitrogens is 6. The average Bonchev–Trinajstić information content (AvgIpc) is 3.14. The van der Waals surface area contributed by atoms with Crippen molar-refractivity contribution in [3.63, 3.8) is 0 Å². The van der Waals surface area contributed by atoms with Crippen LogP contribution in [0.3, 0.4) is 0 Å². The van der Waals surface area contributed by atoms with Crippen LogP contribution in [-0.2, 0) is 22.9 Å². The molecular weight excluding hydrogens is 362 g/mol. The lowest BCUT2D eigenvalue weighted by molar-refractivity contribution is 0.346. The normalized spacial score (nSPS) is 13.2. The van der Waals surface area contributed by atoms with Gasteiger partial charge in [-0.1, -0.05) is 52.0 Å². The van der Waals surface area contributed by atoms with E-state index < -0.39 is 0 Å². The van der Waals surface area contributed by atoms with E-state index in [4.69, 9.17) is 0 Å². The van der Waals surface area contributed by atoms with E-state index in [1.807, 2.05) is 21.8 Å². The zero-order valence-corrected chi connectivity index (χ0v) is 20.8. The molecule has 0 aromatic carbocycles. The predicted octanol–water partition coefficient (Wildman–Crippen LogP) is 4.29. The molecule has 7 nitrogen and oxygen atoms in total. The van der Waals surface area contributed by atoms with Crippen LogP contribution in [0.1, 0.15) is 94.5 Å². The van der Waals surface area contributed by atoms with Crippen molar-refractivity contribution in [3.05, 3.63) is 23.8 Å². The Labute approximate surface area is 177 Å². The van der Waals surface area contributed by atoms with Crippen molar-refractivity contribution in [2.24, 2.45) is 0 Å². The highest BCUT2D eigenvalue weighted by atomic mass is 15.4. The van der Waals surface area contributed by atoms with E-state index in [0.717, 1.165) is 24.5 Å². The van der Waals surface area contributed by atoms with E-state index in [1.54, 1.807) is 0 Å². The van der Waals surface area contributed by atoms with Crippen LogP contribution in [-0.4, -0.2) is 42.1 Å². The summed E-state index contributed by atoms with van der Waals surface area (Å²) in [5, 5.41) is 20.0. The highest BCUT2D eigenvalue weighted by molar-refractivity contribution is 5.07. The Morgan fingerprint density at radius 2 is 1.21 bits per heavy atom. The smallest absolute Gasteiger partial charge is 0.0880 e.